The molecule has 1 aromatic heterocycles. The Hall–Kier alpha value is -2.44. The summed E-state index contributed by atoms with van der Waals surface area (Å²) in [6.45, 7) is 5.38. The van der Waals surface area contributed by atoms with Gasteiger partial charge in [0.15, 0.2) is 6.10 Å². The Balaban J connectivity index is 1.19. The SMILES string of the molecule is C[C@H](Oc1ccccc1)C(=O)NC[C@H]1CCC2(CCN(Cc3ccncc3)CC2)O1. The first kappa shape index (κ1) is 20.8. The van der Waals surface area contributed by atoms with E-state index in [1.165, 1.54) is 5.56 Å². The standard InChI is InChI=1S/C24H31N3O3/c1-19(29-21-5-3-2-4-6-21)23(28)26-17-22-7-10-24(30-22)11-15-27(16-12-24)18-20-8-13-25-14-9-20/h2-6,8-9,13-14,19,22H,7,10-12,15-18H2,1H3,(H,26,28)/t19-,22+/m0/s1. The fourth-order valence-electron chi connectivity index (χ4n) is 4.39. The number of ether oxygens (including phenoxy) is 2. The van der Waals surface area contributed by atoms with Crippen molar-refractivity contribution in [2.24, 2.45) is 0 Å². The molecule has 160 valence electrons. The molecule has 1 aromatic carbocycles. The molecule has 1 amide bonds. The average molecular weight is 410 g/mol. The molecule has 4 rings (SSSR count). The van der Waals surface area contributed by atoms with Crippen LogP contribution >= 0.6 is 0 Å². The second-order valence-electron chi connectivity index (χ2n) is 8.41. The number of hydrogen-bond donors (Lipinski definition) is 1. The first-order valence-electron chi connectivity index (χ1n) is 10.9. The molecule has 2 aliphatic rings. The quantitative estimate of drug-likeness (QED) is 0.761. The van der Waals surface area contributed by atoms with Crippen molar-refractivity contribution < 1.29 is 14.3 Å². The van der Waals surface area contributed by atoms with E-state index in [0.29, 0.717) is 12.3 Å². The fourth-order valence-corrected chi connectivity index (χ4v) is 4.39. The average Bonchev–Trinajstić information content (AvgIpc) is 3.18. The molecule has 2 saturated heterocycles. The lowest BCUT2D eigenvalue weighted by Crippen LogP contribution is -2.45. The number of likely N-dealkylation sites (tertiary alicyclic amines) is 1. The van der Waals surface area contributed by atoms with Gasteiger partial charge in [0.2, 0.25) is 0 Å². The van der Waals surface area contributed by atoms with Crippen LogP contribution in [0.4, 0.5) is 0 Å². The molecule has 1 spiro atoms. The highest BCUT2D eigenvalue weighted by Crippen LogP contribution is 2.39. The topological polar surface area (TPSA) is 63.7 Å². The molecule has 0 aliphatic carbocycles. The third-order valence-electron chi connectivity index (χ3n) is 6.19. The van der Waals surface area contributed by atoms with Gasteiger partial charge in [-0.05, 0) is 62.4 Å². The van der Waals surface area contributed by atoms with Gasteiger partial charge in [-0.15, -0.1) is 0 Å². The number of para-hydroxylation sites is 1. The Morgan fingerprint density at radius 1 is 1.20 bits per heavy atom. The number of hydrogen-bond acceptors (Lipinski definition) is 5. The van der Waals surface area contributed by atoms with Crippen LogP contribution in [0.3, 0.4) is 0 Å². The molecule has 0 unspecified atom stereocenters. The smallest absolute Gasteiger partial charge is 0.260 e. The van der Waals surface area contributed by atoms with E-state index in [9.17, 15) is 4.79 Å². The van der Waals surface area contributed by atoms with E-state index in [1.807, 2.05) is 42.7 Å². The van der Waals surface area contributed by atoms with Gasteiger partial charge in [0.1, 0.15) is 5.75 Å². The number of pyridine rings is 1. The van der Waals surface area contributed by atoms with Crippen LogP contribution in [0.2, 0.25) is 0 Å². The fraction of sp³-hybridized carbons (Fsp3) is 0.500. The molecule has 2 aromatic rings. The molecule has 2 aliphatic heterocycles. The number of nitrogens with zero attached hydrogens (tertiary/aromatic N) is 2. The molecule has 0 saturated carbocycles. The lowest BCUT2D eigenvalue weighted by atomic mass is 9.88. The van der Waals surface area contributed by atoms with Gasteiger partial charge in [-0.3, -0.25) is 14.7 Å². The lowest BCUT2D eigenvalue weighted by Gasteiger charge is -2.39. The molecule has 0 bridgehead atoms. The minimum atomic E-state index is -0.529. The number of piperidine rings is 1. The summed E-state index contributed by atoms with van der Waals surface area (Å²) in [6.07, 6.45) is 7.44. The van der Waals surface area contributed by atoms with Gasteiger partial charge in [0.05, 0.1) is 11.7 Å². The van der Waals surface area contributed by atoms with Crippen molar-refractivity contribution in [2.45, 2.75) is 57.0 Å². The zero-order valence-electron chi connectivity index (χ0n) is 17.6. The summed E-state index contributed by atoms with van der Waals surface area (Å²) in [4.78, 5) is 19.0. The van der Waals surface area contributed by atoms with Crippen LogP contribution in [-0.4, -0.2) is 53.2 Å². The van der Waals surface area contributed by atoms with Crippen LogP contribution in [0.1, 0.15) is 38.2 Å². The van der Waals surface area contributed by atoms with Crippen LogP contribution in [0.25, 0.3) is 0 Å². The first-order valence-corrected chi connectivity index (χ1v) is 10.9. The van der Waals surface area contributed by atoms with Gasteiger partial charge < -0.3 is 14.8 Å². The van der Waals surface area contributed by atoms with Gasteiger partial charge in [-0.25, -0.2) is 0 Å². The molecule has 1 N–H and O–H groups in total. The number of nitrogens with one attached hydrogen (secondary N) is 1. The molecule has 6 heteroatoms. The van der Waals surface area contributed by atoms with Crippen molar-refractivity contribution in [1.29, 1.82) is 0 Å². The summed E-state index contributed by atoms with van der Waals surface area (Å²) < 4.78 is 12.1. The van der Waals surface area contributed by atoms with Crippen molar-refractivity contribution in [2.75, 3.05) is 19.6 Å². The zero-order chi connectivity index (χ0) is 20.8. The maximum Gasteiger partial charge on any atom is 0.260 e. The normalized spacial score (nSPS) is 22.0. The number of carbonyl (C=O) groups excluding carboxylic acids is 1. The Labute approximate surface area is 178 Å². The first-order chi connectivity index (χ1) is 14.6. The van der Waals surface area contributed by atoms with E-state index >= 15 is 0 Å². The number of carbonyl (C=O) groups is 1. The van der Waals surface area contributed by atoms with E-state index in [2.05, 4.69) is 27.3 Å². The second-order valence-corrected chi connectivity index (χ2v) is 8.41. The second kappa shape index (κ2) is 9.58. The molecular formula is C24H31N3O3. The van der Waals surface area contributed by atoms with E-state index < -0.39 is 6.10 Å². The van der Waals surface area contributed by atoms with Crippen molar-refractivity contribution in [1.82, 2.24) is 15.2 Å². The van der Waals surface area contributed by atoms with Crippen molar-refractivity contribution in [3.8, 4) is 5.75 Å². The minimum Gasteiger partial charge on any atom is -0.481 e. The summed E-state index contributed by atoms with van der Waals surface area (Å²) in [6, 6.07) is 13.6. The summed E-state index contributed by atoms with van der Waals surface area (Å²) >= 11 is 0. The van der Waals surface area contributed by atoms with E-state index in [-0.39, 0.29) is 17.6 Å². The third kappa shape index (κ3) is 5.37. The Kier molecular flexibility index (Phi) is 6.65. The van der Waals surface area contributed by atoms with Crippen molar-refractivity contribution in [3.63, 3.8) is 0 Å². The molecule has 2 atom stereocenters. The van der Waals surface area contributed by atoms with Crippen LogP contribution in [0, 0.1) is 0 Å². The van der Waals surface area contributed by atoms with Crippen LogP contribution in [0.5, 0.6) is 5.75 Å². The molecule has 6 nitrogen and oxygen atoms in total. The Morgan fingerprint density at radius 2 is 1.93 bits per heavy atom. The largest absolute Gasteiger partial charge is 0.481 e. The number of aromatic nitrogens is 1. The molecule has 3 heterocycles. The summed E-state index contributed by atoms with van der Waals surface area (Å²) in [5.41, 5.74) is 1.29. The van der Waals surface area contributed by atoms with Gasteiger partial charge in [-0.1, -0.05) is 18.2 Å². The number of amides is 1. The zero-order valence-corrected chi connectivity index (χ0v) is 17.6. The van der Waals surface area contributed by atoms with Crippen LogP contribution < -0.4 is 10.1 Å². The lowest BCUT2D eigenvalue weighted by molar-refractivity contribution is -0.128. The molecule has 30 heavy (non-hydrogen) atoms. The van der Waals surface area contributed by atoms with E-state index in [4.69, 9.17) is 9.47 Å². The van der Waals surface area contributed by atoms with Crippen LogP contribution in [0.15, 0.2) is 54.9 Å². The van der Waals surface area contributed by atoms with Gasteiger partial charge in [0, 0.05) is 38.6 Å². The van der Waals surface area contributed by atoms with Gasteiger partial charge in [-0.2, -0.15) is 0 Å². The monoisotopic (exact) mass is 409 g/mol. The summed E-state index contributed by atoms with van der Waals surface area (Å²) in [5, 5.41) is 3.00. The number of rotatable bonds is 7. The maximum atomic E-state index is 12.4. The van der Waals surface area contributed by atoms with E-state index in [0.717, 1.165) is 45.3 Å². The summed E-state index contributed by atoms with van der Waals surface area (Å²) in [7, 11) is 0. The van der Waals surface area contributed by atoms with E-state index in [1.54, 1.807) is 6.92 Å². The highest BCUT2D eigenvalue weighted by molar-refractivity contribution is 5.80. The minimum absolute atomic E-state index is 0.0176. The highest BCUT2D eigenvalue weighted by Gasteiger charge is 2.42. The molecular weight excluding hydrogens is 378 g/mol. The third-order valence-corrected chi connectivity index (χ3v) is 6.19. The Bertz CT molecular complexity index is 807. The highest BCUT2D eigenvalue weighted by atomic mass is 16.5. The van der Waals surface area contributed by atoms with Crippen molar-refractivity contribution in [3.05, 3.63) is 60.4 Å². The van der Waals surface area contributed by atoms with Gasteiger partial charge in [0.25, 0.3) is 5.91 Å². The Morgan fingerprint density at radius 3 is 2.67 bits per heavy atom. The molecule has 2 fully saturated rings. The maximum absolute atomic E-state index is 12.4. The predicted octanol–water partition coefficient (Wildman–Crippen LogP) is 3.18. The van der Waals surface area contributed by atoms with Crippen LogP contribution in [-0.2, 0) is 16.1 Å². The molecule has 0 radical (unpaired) electrons. The number of benzene rings is 1. The van der Waals surface area contributed by atoms with Crippen molar-refractivity contribution >= 4 is 5.91 Å². The predicted molar refractivity (Wildman–Crippen MR) is 115 cm³/mol. The van der Waals surface area contributed by atoms with Gasteiger partial charge >= 0.3 is 0 Å². The summed E-state index contributed by atoms with van der Waals surface area (Å²) in [5.74, 6) is 0.602.